The Kier molecular flexibility index (Phi) is 11.0. The Morgan fingerprint density at radius 2 is 1.50 bits per heavy atom. The van der Waals surface area contributed by atoms with Crippen LogP contribution in [0.4, 0.5) is 0 Å². The van der Waals surface area contributed by atoms with Crippen LogP contribution in [0.2, 0.25) is 0 Å². The molecular formula is C43H41ClN2O6. The van der Waals surface area contributed by atoms with E-state index in [2.05, 4.69) is 24.0 Å². The lowest BCUT2D eigenvalue weighted by Gasteiger charge is -2.37. The molecule has 9 heteroatoms. The fourth-order valence-corrected chi connectivity index (χ4v) is 7.07. The number of hydrogen-bond acceptors (Lipinski definition) is 7. The Balaban J connectivity index is 1.18. The van der Waals surface area contributed by atoms with Crippen LogP contribution in [0.25, 0.3) is 22.4 Å². The predicted molar refractivity (Wildman–Crippen MR) is 201 cm³/mol. The highest BCUT2D eigenvalue weighted by Gasteiger charge is 2.44. The van der Waals surface area contributed by atoms with Gasteiger partial charge in [-0.3, -0.25) is 9.36 Å². The van der Waals surface area contributed by atoms with Gasteiger partial charge in [0.2, 0.25) is 5.71 Å². The van der Waals surface area contributed by atoms with Gasteiger partial charge in [0.1, 0.15) is 35.7 Å². The van der Waals surface area contributed by atoms with Gasteiger partial charge in [0, 0.05) is 18.2 Å². The first kappa shape index (κ1) is 35.4. The molecule has 3 atom stereocenters. The zero-order chi connectivity index (χ0) is 35.9. The van der Waals surface area contributed by atoms with E-state index in [9.17, 15) is 9.59 Å². The number of nitrogens with zero attached hydrogens (tertiary/aromatic N) is 2. The van der Waals surface area contributed by atoms with E-state index in [0.717, 1.165) is 35.1 Å². The minimum atomic E-state index is -1.02. The van der Waals surface area contributed by atoms with Crippen LogP contribution in [-0.2, 0) is 31.0 Å². The number of ether oxygens (including phenoxy) is 3. The molecule has 266 valence electrons. The number of alkyl halides is 1. The number of fused-ring (bicyclic) bond motifs is 1. The van der Waals surface area contributed by atoms with Crippen LogP contribution in [0.3, 0.4) is 0 Å². The van der Waals surface area contributed by atoms with Crippen LogP contribution < -0.4 is 5.69 Å². The van der Waals surface area contributed by atoms with E-state index < -0.39 is 35.7 Å². The Morgan fingerprint density at radius 3 is 2.08 bits per heavy atom. The van der Waals surface area contributed by atoms with Gasteiger partial charge in [-0.1, -0.05) is 135 Å². The van der Waals surface area contributed by atoms with Gasteiger partial charge in [0.05, 0.1) is 12.0 Å². The van der Waals surface area contributed by atoms with Crippen molar-refractivity contribution in [1.29, 1.82) is 0 Å². The van der Waals surface area contributed by atoms with Crippen LogP contribution in [0.5, 0.6) is 0 Å². The number of carbonyl (C=O) groups is 1. The van der Waals surface area contributed by atoms with Gasteiger partial charge < -0.3 is 18.6 Å². The fourth-order valence-electron chi connectivity index (χ4n) is 7.01. The number of furan rings is 1. The van der Waals surface area contributed by atoms with E-state index in [0.29, 0.717) is 11.1 Å². The summed E-state index contributed by atoms with van der Waals surface area (Å²) in [4.78, 5) is 30.3. The Bertz CT molecular complexity index is 2040. The third-order valence-corrected chi connectivity index (χ3v) is 9.85. The molecule has 2 aromatic heterocycles. The van der Waals surface area contributed by atoms with Crippen molar-refractivity contribution in [3.05, 3.63) is 160 Å². The first-order chi connectivity index (χ1) is 25.5. The van der Waals surface area contributed by atoms with Crippen molar-refractivity contribution in [2.45, 2.75) is 63.1 Å². The average molecular weight is 717 g/mol. The molecule has 52 heavy (non-hydrogen) atoms. The van der Waals surface area contributed by atoms with Crippen molar-refractivity contribution < 1.29 is 23.4 Å². The summed E-state index contributed by atoms with van der Waals surface area (Å²) in [5.41, 5.74) is 3.62. The molecule has 0 saturated carbocycles. The van der Waals surface area contributed by atoms with Crippen molar-refractivity contribution in [3.63, 3.8) is 0 Å². The molecule has 0 bridgehead atoms. The highest BCUT2D eigenvalue weighted by atomic mass is 35.5. The summed E-state index contributed by atoms with van der Waals surface area (Å²) < 4.78 is 26.8. The molecular weight excluding hydrogens is 676 g/mol. The SMILES string of the molecule is CCCCCc1ccc(-c2cc3cn([C@H]4C[C@H](OC(=O)CCl)[C@@H](COC(c5ccccc5)(c5ccccc5)c5ccccc5)O4)c(=O)nc3o2)cc1. The number of halogens is 1. The summed E-state index contributed by atoms with van der Waals surface area (Å²) in [5.74, 6) is -0.286. The molecule has 0 amide bonds. The molecule has 0 spiro atoms. The second-order valence-electron chi connectivity index (χ2n) is 13.1. The molecule has 0 unspecified atom stereocenters. The number of rotatable bonds is 14. The lowest BCUT2D eigenvalue weighted by atomic mass is 9.80. The van der Waals surface area contributed by atoms with Gasteiger partial charge in [-0.15, -0.1) is 11.6 Å². The molecule has 3 heterocycles. The number of aryl methyl sites for hydroxylation is 1. The van der Waals surface area contributed by atoms with Gasteiger partial charge in [0.15, 0.2) is 0 Å². The first-order valence-electron chi connectivity index (χ1n) is 17.8. The normalized spacial score (nSPS) is 17.4. The third kappa shape index (κ3) is 7.46. The minimum Gasteiger partial charge on any atom is -0.458 e. The average Bonchev–Trinajstić information content (AvgIpc) is 3.79. The maximum atomic E-state index is 13.5. The molecule has 1 fully saturated rings. The summed E-state index contributed by atoms with van der Waals surface area (Å²) >= 11 is 5.88. The van der Waals surface area contributed by atoms with Crippen LogP contribution >= 0.6 is 11.6 Å². The molecule has 1 aliphatic heterocycles. The maximum Gasteiger partial charge on any atom is 0.353 e. The van der Waals surface area contributed by atoms with Gasteiger partial charge >= 0.3 is 11.7 Å². The van der Waals surface area contributed by atoms with E-state index in [1.807, 2.05) is 109 Å². The Morgan fingerprint density at radius 1 is 0.885 bits per heavy atom. The molecule has 4 aromatic carbocycles. The summed E-state index contributed by atoms with van der Waals surface area (Å²) in [7, 11) is 0. The van der Waals surface area contributed by atoms with Crippen molar-refractivity contribution in [2.24, 2.45) is 0 Å². The number of unbranched alkanes of at least 4 members (excludes halogenated alkanes) is 2. The number of hydrogen-bond donors (Lipinski definition) is 0. The highest BCUT2D eigenvalue weighted by molar-refractivity contribution is 6.26. The number of carbonyl (C=O) groups excluding carboxylic acids is 1. The zero-order valence-corrected chi connectivity index (χ0v) is 29.8. The smallest absolute Gasteiger partial charge is 0.353 e. The topological polar surface area (TPSA) is 92.8 Å². The van der Waals surface area contributed by atoms with Crippen molar-refractivity contribution in [2.75, 3.05) is 12.5 Å². The summed E-state index contributed by atoms with van der Waals surface area (Å²) in [5, 5.41) is 0.649. The lowest BCUT2D eigenvalue weighted by Crippen LogP contribution is -2.39. The molecule has 0 N–H and O–H groups in total. The van der Waals surface area contributed by atoms with Gasteiger partial charge in [-0.2, -0.15) is 4.98 Å². The van der Waals surface area contributed by atoms with Crippen LogP contribution in [-0.4, -0.2) is 40.2 Å². The molecule has 0 aliphatic carbocycles. The van der Waals surface area contributed by atoms with Gasteiger partial charge in [0.25, 0.3) is 0 Å². The van der Waals surface area contributed by atoms with Crippen molar-refractivity contribution in [3.8, 4) is 11.3 Å². The quantitative estimate of drug-likeness (QED) is 0.0481. The summed E-state index contributed by atoms with van der Waals surface area (Å²) in [6.07, 6.45) is 4.22. The molecule has 0 radical (unpaired) electrons. The monoisotopic (exact) mass is 716 g/mol. The van der Waals surface area contributed by atoms with Crippen LogP contribution in [0.1, 0.15) is 61.1 Å². The van der Waals surface area contributed by atoms with E-state index in [1.54, 1.807) is 6.20 Å². The molecule has 8 nitrogen and oxygen atoms in total. The van der Waals surface area contributed by atoms with E-state index in [-0.39, 0.29) is 24.6 Å². The first-order valence-corrected chi connectivity index (χ1v) is 18.4. The predicted octanol–water partition coefficient (Wildman–Crippen LogP) is 8.84. The standard InChI is InChI=1S/C43H41ClN2O6/c1-2-3-7-14-30-21-23-31(24-22-30)36-25-32-28-46(42(48)45-41(32)52-36)39-26-37(51-40(47)27-44)38(50-39)29-49-43(33-15-8-4-9-16-33,34-17-10-5-11-18-34)35-19-12-6-13-20-35/h4-6,8-13,15-25,28,37-39H,2-3,7,14,26-27,29H2,1H3/t37-,38+,39+/m0/s1. The minimum absolute atomic E-state index is 0.0319. The second-order valence-corrected chi connectivity index (χ2v) is 13.3. The Labute approximate surface area is 307 Å². The van der Waals surface area contributed by atoms with Crippen molar-refractivity contribution >= 4 is 28.7 Å². The lowest BCUT2D eigenvalue weighted by molar-refractivity contribution is -0.153. The highest BCUT2D eigenvalue weighted by Crippen LogP contribution is 2.42. The number of esters is 1. The van der Waals surface area contributed by atoms with Crippen molar-refractivity contribution in [1.82, 2.24) is 9.55 Å². The maximum absolute atomic E-state index is 13.5. The van der Waals surface area contributed by atoms with E-state index >= 15 is 0 Å². The molecule has 1 saturated heterocycles. The van der Waals surface area contributed by atoms with Gasteiger partial charge in [-0.25, -0.2) is 4.79 Å². The largest absolute Gasteiger partial charge is 0.458 e. The molecule has 6 aromatic rings. The van der Waals surface area contributed by atoms with E-state index in [4.69, 9.17) is 30.2 Å². The molecule has 1 aliphatic rings. The molecule has 7 rings (SSSR count). The third-order valence-electron chi connectivity index (χ3n) is 9.63. The fraction of sp³-hybridized carbons (Fsp3) is 0.279. The zero-order valence-electron chi connectivity index (χ0n) is 29.0. The number of aromatic nitrogens is 2. The van der Waals surface area contributed by atoms with E-state index in [1.165, 1.54) is 23.0 Å². The Hall–Kier alpha value is -5.02. The van der Waals surface area contributed by atoms with Crippen LogP contribution in [0, 0.1) is 0 Å². The summed E-state index contributed by atoms with van der Waals surface area (Å²) in [6.45, 7) is 2.23. The van der Waals surface area contributed by atoms with Crippen LogP contribution in [0.15, 0.2) is 137 Å². The van der Waals surface area contributed by atoms with Gasteiger partial charge in [-0.05, 0) is 41.2 Å². The number of benzene rings is 4. The summed E-state index contributed by atoms with van der Waals surface area (Å²) in [6, 6.07) is 40.1. The second kappa shape index (κ2) is 16.1.